The van der Waals surface area contributed by atoms with Gasteiger partial charge in [0.1, 0.15) is 30.2 Å². The first-order valence-electron chi connectivity index (χ1n) is 19.7. The number of hydrogen-bond acceptors (Lipinski definition) is 11. The minimum Gasteiger partial charge on any atom is -0.425 e. The Labute approximate surface area is 338 Å². The fraction of sp³-hybridized carbons (Fsp3) is 0.513. The summed E-state index contributed by atoms with van der Waals surface area (Å²) in [6.45, 7) is 4.10. The minimum atomic E-state index is -2.12. The van der Waals surface area contributed by atoms with Crippen LogP contribution in [-0.2, 0) is 35.2 Å². The van der Waals surface area contributed by atoms with Crippen molar-refractivity contribution < 1.29 is 43.6 Å². The molecule has 5 atom stereocenters. The SMILES string of the molecule is CCCCc1ccc(-c2ccc(C(=O)NCCC(=O)N[C@@H](CCCCN)C(=O)N3CCC[C@H]3C(=O)N[C@@H](C)C(=O)N[C@@H](CC(N)=O)C(=O)N[C@@H](N)B(O)O)cc2)cc1. The second-order valence-electron chi connectivity index (χ2n) is 14.4. The molecule has 3 rings (SSSR count). The third-order valence-electron chi connectivity index (χ3n) is 9.73. The number of rotatable bonds is 23. The number of nitrogens with zero attached hydrogens (tertiary/aromatic N) is 1. The fourth-order valence-corrected chi connectivity index (χ4v) is 6.39. The number of carbonyl (C=O) groups excluding carboxylic acids is 7. The van der Waals surface area contributed by atoms with Gasteiger partial charge >= 0.3 is 7.12 Å². The summed E-state index contributed by atoms with van der Waals surface area (Å²) in [6.07, 6.45) is 4.68. The largest absolute Gasteiger partial charge is 0.490 e. The summed E-state index contributed by atoms with van der Waals surface area (Å²) in [4.78, 5) is 91.6. The predicted octanol–water partition coefficient (Wildman–Crippen LogP) is -1.30. The molecule has 0 aliphatic carbocycles. The van der Waals surface area contributed by atoms with Crippen molar-refractivity contribution in [3.05, 3.63) is 59.7 Å². The van der Waals surface area contributed by atoms with E-state index >= 15 is 0 Å². The quantitative estimate of drug-likeness (QED) is 0.0358. The van der Waals surface area contributed by atoms with Crippen molar-refractivity contribution in [3.63, 3.8) is 0 Å². The number of likely N-dealkylation sites (tertiary alicyclic amines) is 1. The summed E-state index contributed by atoms with van der Waals surface area (Å²) in [5.74, 6) is -4.81. The Balaban J connectivity index is 1.56. The molecule has 0 spiro atoms. The normalized spacial score (nSPS) is 15.6. The van der Waals surface area contributed by atoms with Gasteiger partial charge in [-0.25, -0.2) is 0 Å². The smallest absolute Gasteiger partial charge is 0.425 e. The topological polar surface area (TPSA) is 301 Å². The summed E-state index contributed by atoms with van der Waals surface area (Å²) in [5.41, 5.74) is 20.0. The number of benzene rings is 2. The Morgan fingerprint density at radius 2 is 1.52 bits per heavy atom. The molecule has 13 N–H and O–H groups in total. The van der Waals surface area contributed by atoms with E-state index in [1.54, 1.807) is 12.1 Å². The van der Waals surface area contributed by atoms with E-state index in [1.807, 2.05) is 17.4 Å². The molecule has 1 fully saturated rings. The highest BCUT2D eigenvalue weighted by atomic mass is 16.4. The highest BCUT2D eigenvalue weighted by Gasteiger charge is 2.38. The lowest BCUT2D eigenvalue weighted by Crippen LogP contribution is -2.60. The average molecular weight is 808 g/mol. The van der Waals surface area contributed by atoms with Crippen LogP contribution >= 0.6 is 0 Å². The Morgan fingerprint density at radius 3 is 2.12 bits per heavy atom. The van der Waals surface area contributed by atoms with Crippen LogP contribution in [0.25, 0.3) is 11.1 Å². The van der Waals surface area contributed by atoms with Gasteiger partial charge in [0, 0.05) is 25.1 Å². The summed E-state index contributed by atoms with van der Waals surface area (Å²) in [6, 6.07) is 9.20. The second-order valence-corrected chi connectivity index (χ2v) is 14.4. The van der Waals surface area contributed by atoms with E-state index in [2.05, 4.69) is 52.5 Å². The summed E-state index contributed by atoms with van der Waals surface area (Å²) in [7, 11) is -2.12. The van der Waals surface area contributed by atoms with Crippen LogP contribution in [0.15, 0.2) is 48.5 Å². The van der Waals surface area contributed by atoms with E-state index in [4.69, 9.17) is 27.2 Å². The van der Waals surface area contributed by atoms with Crippen LogP contribution < -0.4 is 43.8 Å². The van der Waals surface area contributed by atoms with E-state index in [0.717, 1.165) is 30.4 Å². The Kier molecular flexibility index (Phi) is 19.3. The number of hydrogen-bond donors (Lipinski definition) is 10. The minimum absolute atomic E-state index is 0.0161. The van der Waals surface area contributed by atoms with E-state index in [1.165, 1.54) is 17.4 Å². The molecule has 2 aromatic rings. The predicted molar refractivity (Wildman–Crippen MR) is 217 cm³/mol. The Bertz CT molecular complexity index is 1710. The number of aryl methyl sites for hydroxylation is 1. The molecule has 1 heterocycles. The number of nitrogens with one attached hydrogen (secondary N) is 5. The van der Waals surface area contributed by atoms with Crippen LogP contribution in [0, 0.1) is 0 Å². The molecule has 316 valence electrons. The van der Waals surface area contributed by atoms with Crippen molar-refractivity contribution in [2.75, 3.05) is 19.6 Å². The Hall–Kier alpha value is -5.37. The maximum Gasteiger partial charge on any atom is 0.490 e. The molecule has 0 radical (unpaired) electrons. The van der Waals surface area contributed by atoms with Gasteiger partial charge in [-0.2, -0.15) is 0 Å². The first kappa shape index (κ1) is 47.0. The second kappa shape index (κ2) is 23.8. The lowest BCUT2D eigenvalue weighted by atomic mass is 9.86. The number of nitrogens with two attached hydrogens (primary N) is 3. The summed E-state index contributed by atoms with van der Waals surface area (Å²) in [5, 5.41) is 30.7. The van der Waals surface area contributed by atoms with Crippen molar-refractivity contribution in [1.29, 1.82) is 0 Å². The average Bonchev–Trinajstić information content (AvgIpc) is 3.69. The van der Waals surface area contributed by atoms with E-state index < -0.39 is 79.2 Å². The number of primary amides is 1. The zero-order chi connectivity index (χ0) is 42.8. The molecule has 0 unspecified atom stereocenters. The van der Waals surface area contributed by atoms with Gasteiger partial charge in [-0.05, 0) is 87.2 Å². The molecule has 0 aromatic heterocycles. The van der Waals surface area contributed by atoms with Gasteiger partial charge in [0.2, 0.25) is 35.4 Å². The highest BCUT2D eigenvalue weighted by molar-refractivity contribution is 6.43. The first-order chi connectivity index (χ1) is 27.6. The number of amides is 7. The lowest BCUT2D eigenvalue weighted by molar-refractivity contribution is -0.142. The molecule has 19 heteroatoms. The zero-order valence-electron chi connectivity index (χ0n) is 33.2. The third-order valence-corrected chi connectivity index (χ3v) is 9.73. The maximum absolute atomic E-state index is 13.8. The lowest BCUT2D eigenvalue weighted by Gasteiger charge is -2.29. The Morgan fingerprint density at radius 1 is 0.862 bits per heavy atom. The highest BCUT2D eigenvalue weighted by Crippen LogP contribution is 2.22. The maximum atomic E-state index is 13.8. The molecule has 0 saturated carbocycles. The monoisotopic (exact) mass is 807 g/mol. The van der Waals surface area contributed by atoms with Crippen LogP contribution in [0.1, 0.15) is 87.6 Å². The van der Waals surface area contributed by atoms with Crippen molar-refractivity contribution in [2.45, 2.75) is 108 Å². The van der Waals surface area contributed by atoms with Crippen molar-refractivity contribution in [2.24, 2.45) is 17.2 Å². The molecule has 0 bridgehead atoms. The van der Waals surface area contributed by atoms with Crippen LogP contribution in [0.4, 0.5) is 0 Å². The fourth-order valence-electron chi connectivity index (χ4n) is 6.39. The van der Waals surface area contributed by atoms with Crippen molar-refractivity contribution in [3.8, 4) is 11.1 Å². The first-order valence-corrected chi connectivity index (χ1v) is 19.7. The van der Waals surface area contributed by atoms with Crippen LogP contribution in [0.2, 0.25) is 0 Å². The third kappa shape index (κ3) is 14.9. The molecule has 7 amide bonds. The van der Waals surface area contributed by atoms with Gasteiger partial charge in [-0.1, -0.05) is 49.7 Å². The molecular weight excluding hydrogens is 749 g/mol. The molecule has 1 aliphatic rings. The summed E-state index contributed by atoms with van der Waals surface area (Å²) >= 11 is 0. The number of unbranched alkanes of at least 4 members (excludes halogenated alkanes) is 2. The zero-order valence-corrected chi connectivity index (χ0v) is 33.2. The molecule has 1 aliphatic heterocycles. The van der Waals surface area contributed by atoms with Gasteiger partial charge in [0.05, 0.1) is 6.42 Å². The van der Waals surface area contributed by atoms with Gasteiger partial charge < -0.3 is 58.7 Å². The molecule has 2 aromatic carbocycles. The van der Waals surface area contributed by atoms with Gasteiger partial charge in [-0.3, -0.25) is 33.6 Å². The molecule has 58 heavy (non-hydrogen) atoms. The van der Waals surface area contributed by atoms with Gasteiger partial charge in [0.15, 0.2) is 0 Å². The molecule has 1 saturated heterocycles. The van der Waals surface area contributed by atoms with E-state index in [0.29, 0.717) is 31.4 Å². The molecular formula is C39H58BN9O9. The van der Waals surface area contributed by atoms with Gasteiger partial charge in [-0.15, -0.1) is 0 Å². The van der Waals surface area contributed by atoms with Crippen LogP contribution in [-0.4, -0.2) is 113 Å². The van der Waals surface area contributed by atoms with Crippen LogP contribution in [0.3, 0.4) is 0 Å². The van der Waals surface area contributed by atoms with Crippen LogP contribution in [0.5, 0.6) is 0 Å². The van der Waals surface area contributed by atoms with E-state index in [-0.39, 0.29) is 38.3 Å². The summed E-state index contributed by atoms with van der Waals surface area (Å²) < 4.78 is 0. The van der Waals surface area contributed by atoms with Crippen molar-refractivity contribution in [1.82, 2.24) is 31.5 Å². The van der Waals surface area contributed by atoms with E-state index in [9.17, 15) is 33.6 Å². The number of carbonyl (C=O) groups is 7. The van der Waals surface area contributed by atoms with Gasteiger partial charge in [0.25, 0.3) is 5.91 Å². The standard InChI is InChI=1S/C39H58BN9O9/c1-3-4-8-25-11-13-26(14-12-25)27-15-17-28(18-16-27)35(53)44-21-19-33(51)46-29(9-5-6-20-41)38(56)49-22-7-10-31(49)37(55)45-24(2)34(52)47-30(23-32(42)50)36(54)48-39(43)40(57)58/h11-18,24,29-31,39,57-58H,3-10,19-23,41,43H2,1-2H3,(H2,42,50)(H,44,53)(H,45,55)(H,46,51)(H,47,52)(H,48,54)/t24-,29-,30-,31-,39+/m0/s1. The molecule has 18 nitrogen and oxygen atoms in total. The van der Waals surface area contributed by atoms with Crippen molar-refractivity contribution >= 4 is 48.5 Å².